The molecule has 2 aromatic carbocycles. The second-order valence-corrected chi connectivity index (χ2v) is 8.02. The van der Waals surface area contributed by atoms with Crippen molar-refractivity contribution in [3.63, 3.8) is 0 Å². The molecule has 1 atom stereocenters. The highest BCUT2D eigenvalue weighted by atomic mass is 19.1. The third kappa shape index (κ3) is 3.35. The van der Waals surface area contributed by atoms with Crippen LogP contribution in [0, 0.1) is 5.92 Å². The molecule has 3 aromatic rings. The van der Waals surface area contributed by atoms with E-state index in [4.69, 9.17) is 0 Å². The fourth-order valence-corrected chi connectivity index (χ4v) is 4.18. The lowest BCUT2D eigenvalue weighted by Gasteiger charge is -2.31. The average Bonchev–Trinajstić information content (AvgIpc) is 3.23. The Kier molecular flexibility index (Phi) is 4.99. The van der Waals surface area contributed by atoms with Crippen LogP contribution < -0.4 is 0 Å². The van der Waals surface area contributed by atoms with Gasteiger partial charge < -0.3 is 4.90 Å². The van der Waals surface area contributed by atoms with Crippen LogP contribution in [0.5, 0.6) is 0 Å². The maximum absolute atomic E-state index is 16.5. The first kappa shape index (κ1) is 19.4. The number of hydrogen-bond donors (Lipinski definition) is 0. The number of benzene rings is 2. The van der Waals surface area contributed by atoms with Crippen LogP contribution in [0.25, 0.3) is 11.3 Å². The lowest BCUT2D eigenvalue weighted by Crippen LogP contribution is -2.41. The molecule has 0 fully saturated rings. The normalized spacial score (nSPS) is 18.5. The summed E-state index contributed by atoms with van der Waals surface area (Å²) in [6.45, 7) is 7.19. The molecule has 1 amide bonds. The van der Waals surface area contributed by atoms with Crippen molar-refractivity contribution in [1.29, 1.82) is 0 Å². The first-order chi connectivity index (χ1) is 13.9. The molecule has 29 heavy (non-hydrogen) atoms. The summed E-state index contributed by atoms with van der Waals surface area (Å²) in [7, 11) is 0. The van der Waals surface area contributed by atoms with Gasteiger partial charge in [0.15, 0.2) is 0 Å². The second-order valence-electron chi connectivity index (χ2n) is 8.02. The van der Waals surface area contributed by atoms with Crippen LogP contribution in [-0.2, 0) is 18.8 Å². The van der Waals surface area contributed by atoms with Crippen LogP contribution in [0.2, 0.25) is 0 Å². The molecule has 1 unspecified atom stereocenters. The van der Waals surface area contributed by atoms with Crippen molar-refractivity contribution in [2.24, 2.45) is 5.92 Å². The lowest BCUT2D eigenvalue weighted by molar-refractivity contribution is -0.00890. The number of fused-ring (bicyclic) bond motifs is 1. The van der Waals surface area contributed by atoms with Crippen LogP contribution in [0.3, 0.4) is 0 Å². The Morgan fingerprint density at radius 2 is 1.86 bits per heavy atom. The number of amides is 1. The molecule has 0 aliphatic carbocycles. The predicted molar refractivity (Wildman–Crippen MR) is 112 cm³/mol. The van der Waals surface area contributed by atoms with Crippen LogP contribution in [0.4, 0.5) is 4.39 Å². The van der Waals surface area contributed by atoms with E-state index in [2.05, 4.69) is 18.9 Å². The third-order valence-electron chi connectivity index (χ3n) is 5.48. The molecule has 5 heteroatoms. The Labute approximate surface area is 171 Å². The number of aromatic nitrogens is 2. The summed E-state index contributed by atoms with van der Waals surface area (Å²) in [5.41, 5.74) is 3.57. The first-order valence-electron chi connectivity index (χ1n) is 10.2. The Hall–Kier alpha value is -2.95. The number of hydrogen-bond acceptors (Lipinski definition) is 2. The molecule has 4 nitrogen and oxygen atoms in total. The third-order valence-corrected chi connectivity index (χ3v) is 5.48. The fraction of sp³-hybridized carbons (Fsp3) is 0.333. The van der Waals surface area contributed by atoms with Gasteiger partial charge in [-0.15, -0.1) is 0 Å². The number of likely N-dealkylation sites (N-methyl/N-ethyl adjacent to an activating group) is 1. The summed E-state index contributed by atoms with van der Waals surface area (Å²) in [5, 5.41) is 4.42. The maximum Gasteiger partial charge on any atom is 0.257 e. The van der Waals surface area contributed by atoms with Crippen molar-refractivity contribution in [2.75, 3.05) is 6.54 Å². The molecule has 150 valence electrons. The molecule has 0 saturated heterocycles. The minimum atomic E-state index is -1.86. The summed E-state index contributed by atoms with van der Waals surface area (Å²) in [5.74, 6) is -1.66. The van der Waals surface area contributed by atoms with E-state index in [1.165, 1.54) is 4.90 Å². The Bertz CT molecular complexity index is 1030. The van der Waals surface area contributed by atoms with E-state index >= 15 is 4.39 Å². The number of halogens is 1. The molecule has 2 heterocycles. The van der Waals surface area contributed by atoms with Gasteiger partial charge >= 0.3 is 0 Å². The Morgan fingerprint density at radius 1 is 1.10 bits per heavy atom. The van der Waals surface area contributed by atoms with Gasteiger partial charge in [-0.3, -0.25) is 9.48 Å². The highest BCUT2D eigenvalue weighted by molar-refractivity contribution is 6.00. The van der Waals surface area contributed by atoms with E-state index < -0.39 is 5.79 Å². The van der Waals surface area contributed by atoms with E-state index in [9.17, 15) is 4.79 Å². The van der Waals surface area contributed by atoms with E-state index in [-0.39, 0.29) is 12.3 Å². The molecule has 0 saturated carbocycles. The van der Waals surface area contributed by atoms with Gasteiger partial charge in [0.05, 0.1) is 5.69 Å². The summed E-state index contributed by atoms with van der Waals surface area (Å²) >= 11 is 0. The van der Waals surface area contributed by atoms with E-state index in [0.717, 1.165) is 23.4 Å². The zero-order valence-corrected chi connectivity index (χ0v) is 17.1. The molecule has 0 N–H and O–H groups in total. The van der Waals surface area contributed by atoms with Gasteiger partial charge in [0.1, 0.15) is 0 Å². The van der Waals surface area contributed by atoms with Gasteiger partial charge in [-0.2, -0.15) is 5.10 Å². The molecule has 1 aliphatic rings. The van der Waals surface area contributed by atoms with E-state index in [0.29, 0.717) is 23.6 Å². The van der Waals surface area contributed by atoms with Crippen LogP contribution in [-0.4, -0.2) is 27.1 Å². The first-order valence-corrected chi connectivity index (χ1v) is 10.2. The minimum absolute atomic E-state index is 0.134. The highest BCUT2D eigenvalue weighted by Gasteiger charge is 2.49. The van der Waals surface area contributed by atoms with E-state index in [1.54, 1.807) is 12.3 Å². The number of carbonyl (C=O) groups excluding carboxylic acids is 1. The molecule has 1 aliphatic heterocycles. The van der Waals surface area contributed by atoms with E-state index in [1.807, 2.05) is 60.1 Å². The lowest BCUT2D eigenvalue weighted by atomic mass is 9.93. The fourth-order valence-electron chi connectivity index (χ4n) is 4.18. The molecule has 4 rings (SSSR count). The standard InChI is InChI=1S/C24H26FN3O/c1-4-27-23(29)20-11-10-19(22-12-13-26-28(22)16-17(2)3)14-21(20)24(27,25)15-18-8-6-5-7-9-18/h5-14,17H,4,15-16H2,1-3H3. The van der Waals surface area contributed by atoms with Crippen molar-refractivity contribution < 1.29 is 9.18 Å². The molecule has 0 spiro atoms. The van der Waals surface area contributed by atoms with Gasteiger partial charge in [-0.1, -0.05) is 50.2 Å². The van der Waals surface area contributed by atoms with Crippen molar-refractivity contribution in [1.82, 2.24) is 14.7 Å². The number of carbonyl (C=O) groups is 1. The molecular formula is C24H26FN3O. The highest BCUT2D eigenvalue weighted by Crippen LogP contribution is 2.44. The van der Waals surface area contributed by atoms with Gasteiger partial charge in [-0.25, -0.2) is 4.39 Å². The topological polar surface area (TPSA) is 38.1 Å². The molecule has 0 radical (unpaired) electrons. The Balaban J connectivity index is 1.80. The van der Waals surface area contributed by atoms with Crippen molar-refractivity contribution in [3.8, 4) is 11.3 Å². The Morgan fingerprint density at radius 3 is 2.55 bits per heavy atom. The predicted octanol–water partition coefficient (Wildman–Crippen LogP) is 5.05. The minimum Gasteiger partial charge on any atom is -0.302 e. The van der Waals surface area contributed by atoms with Crippen LogP contribution in [0.15, 0.2) is 60.8 Å². The average molecular weight is 391 g/mol. The second kappa shape index (κ2) is 7.47. The van der Waals surface area contributed by atoms with Crippen molar-refractivity contribution in [2.45, 2.75) is 39.5 Å². The number of rotatable bonds is 6. The van der Waals surface area contributed by atoms with Crippen LogP contribution >= 0.6 is 0 Å². The number of alkyl halides is 1. The number of nitrogens with zero attached hydrogens (tertiary/aromatic N) is 3. The van der Waals surface area contributed by atoms with Gasteiger partial charge in [0.2, 0.25) is 5.79 Å². The smallest absolute Gasteiger partial charge is 0.257 e. The molecular weight excluding hydrogens is 365 g/mol. The largest absolute Gasteiger partial charge is 0.302 e. The molecule has 1 aromatic heterocycles. The summed E-state index contributed by atoms with van der Waals surface area (Å²) in [6, 6.07) is 16.9. The monoisotopic (exact) mass is 391 g/mol. The van der Waals surface area contributed by atoms with Crippen molar-refractivity contribution >= 4 is 5.91 Å². The quantitative estimate of drug-likeness (QED) is 0.552. The van der Waals surface area contributed by atoms with Crippen LogP contribution in [0.1, 0.15) is 42.3 Å². The van der Waals surface area contributed by atoms with Gasteiger partial charge in [-0.05, 0) is 36.6 Å². The zero-order chi connectivity index (χ0) is 20.6. The summed E-state index contributed by atoms with van der Waals surface area (Å²) in [6.07, 6.45) is 1.90. The SMILES string of the molecule is CCN1C(=O)c2ccc(-c3ccnn3CC(C)C)cc2C1(F)Cc1ccccc1. The summed E-state index contributed by atoms with van der Waals surface area (Å²) < 4.78 is 18.5. The van der Waals surface area contributed by atoms with Crippen molar-refractivity contribution in [3.05, 3.63) is 77.5 Å². The summed E-state index contributed by atoms with van der Waals surface area (Å²) in [4.78, 5) is 14.3. The maximum atomic E-state index is 16.5. The zero-order valence-electron chi connectivity index (χ0n) is 17.1. The van der Waals surface area contributed by atoms with Gasteiger partial charge in [0.25, 0.3) is 5.91 Å². The van der Waals surface area contributed by atoms with Gasteiger partial charge in [0, 0.05) is 42.4 Å². The molecule has 0 bridgehead atoms.